The smallest absolute Gasteiger partial charge is 0.273 e. The summed E-state index contributed by atoms with van der Waals surface area (Å²) in [6.07, 6.45) is 0. The van der Waals surface area contributed by atoms with Crippen LogP contribution in [0.15, 0.2) is 48.5 Å². The third-order valence-corrected chi connectivity index (χ3v) is 2.49. The molecule has 0 aromatic heterocycles. The fourth-order valence-electron chi connectivity index (χ4n) is 1.58. The maximum atomic E-state index is 10.7. The van der Waals surface area contributed by atoms with Crippen LogP contribution in [0.25, 0.3) is 0 Å². The number of nitrogens with one attached hydrogen (secondary N) is 1. The lowest BCUT2D eigenvalue weighted by molar-refractivity contribution is -0.384. The summed E-state index contributed by atoms with van der Waals surface area (Å²) >= 11 is 0. The van der Waals surface area contributed by atoms with Crippen LogP contribution in [0.2, 0.25) is 0 Å². The number of nitro groups is 1. The first-order chi connectivity index (χ1) is 9.69. The molecule has 2 aromatic rings. The van der Waals surface area contributed by atoms with Gasteiger partial charge < -0.3 is 10.1 Å². The van der Waals surface area contributed by atoms with Crippen LogP contribution in [-0.4, -0.2) is 11.5 Å². The summed E-state index contributed by atoms with van der Waals surface area (Å²) in [4.78, 5) is 10.2. The molecule has 0 bridgehead atoms. The van der Waals surface area contributed by atoms with Crippen LogP contribution in [0.5, 0.6) is 11.5 Å². The van der Waals surface area contributed by atoms with Gasteiger partial charge in [0.2, 0.25) is 0 Å². The number of nitrogens with zero attached hydrogens (tertiary/aromatic N) is 2. The van der Waals surface area contributed by atoms with E-state index in [9.17, 15) is 10.1 Å². The average molecular weight is 269 g/mol. The van der Waals surface area contributed by atoms with Crippen LogP contribution in [0, 0.1) is 21.4 Å². The molecule has 0 atom stereocenters. The molecule has 20 heavy (non-hydrogen) atoms. The van der Waals surface area contributed by atoms with Gasteiger partial charge in [0.1, 0.15) is 18.0 Å². The molecule has 0 saturated heterocycles. The van der Waals surface area contributed by atoms with E-state index in [0.717, 1.165) is 5.69 Å². The fraction of sp³-hybridized carbons (Fsp3) is 0.0714. The highest BCUT2D eigenvalue weighted by molar-refractivity contribution is 5.48. The van der Waals surface area contributed by atoms with Gasteiger partial charge >= 0.3 is 0 Å². The third kappa shape index (κ3) is 3.46. The van der Waals surface area contributed by atoms with E-state index in [2.05, 4.69) is 5.32 Å². The molecule has 0 unspecified atom stereocenters. The molecule has 6 heteroatoms. The number of nitro benzene ring substituents is 1. The Hall–Kier alpha value is -3.07. The summed E-state index contributed by atoms with van der Waals surface area (Å²) < 4.78 is 5.53. The second kappa shape index (κ2) is 6.20. The number of hydrogen-bond donors (Lipinski definition) is 1. The molecule has 0 spiro atoms. The van der Waals surface area contributed by atoms with Crippen molar-refractivity contribution in [2.24, 2.45) is 0 Å². The highest BCUT2D eigenvalue weighted by Crippen LogP contribution is 2.25. The Morgan fingerprint density at radius 1 is 1.20 bits per heavy atom. The first kappa shape index (κ1) is 13.4. The predicted octanol–water partition coefficient (Wildman–Crippen LogP) is 3.32. The fourth-order valence-corrected chi connectivity index (χ4v) is 1.58. The van der Waals surface area contributed by atoms with Gasteiger partial charge in [-0.25, -0.2) is 0 Å². The lowest BCUT2D eigenvalue weighted by Gasteiger charge is -2.07. The van der Waals surface area contributed by atoms with Gasteiger partial charge in [-0.05, 0) is 30.3 Å². The predicted molar refractivity (Wildman–Crippen MR) is 73.7 cm³/mol. The molecule has 0 saturated carbocycles. The largest absolute Gasteiger partial charge is 0.457 e. The van der Waals surface area contributed by atoms with Gasteiger partial charge in [-0.15, -0.1) is 0 Å². The van der Waals surface area contributed by atoms with E-state index in [0.29, 0.717) is 11.5 Å². The van der Waals surface area contributed by atoms with Crippen LogP contribution in [0.4, 0.5) is 11.4 Å². The van der Waals surface area contributed by atoms with Gasteiger partial charge in [0.25, 0.3) is 5.69 Å². The molecule has 0 radical (unpaired) electrons. The minimum Gasteiger partial charge on any atom is -0.457 e. The van der Waals surface area contributed by atoms with Crippen molar-refractivity contribution in [3.05, 3.63) is 58.6 Å². The normalized spacial score (nSPS) is 9.55. The van der Waals surface area contributed by atoms with Gasteiger partial charge in [0, 0.05) is 11.8 Å². The number of nitriles is 1. The summed E-state index contributed by atoms with van der Waals surface area (Å²) in [5, 5.41) is 22.0. The highest BCUT2D eigenvalue weighted by Gasteiger charge is 2.06. The zero-order valence-electron chi connectivity index (χ0n) is 10.4. The zero-order chi connectivity index (χ0) is 14.4. The number of hydrogen-bond acceptors (Lipinski definition) is 5. The molecule has 1 N–H and O–H groups in total. The number of rotatable bonds is 5. The van der Waals surface area contributed by atoms with Crippen molar-refractivity contribution in [1.82, 2.24) is 0 Å². The highest BCUT2D eigenvalue weighted by atomic mass is 16.6. The number of anilines is 1. The standard InChI is InChI=1S/C14H11N3O3/c15-8-9-16-11-4-6-13(7-5-11)20-14-3-1-2-12(10-14)17(18)19/h1-7,10,16H,9H2. The van der Waals surface area contributed by atoms with Gasteiger partial charge in [0.15, 0.2) is 0 Å². The summed E-state index contributed by atoms with van der Waals surface area (Å²) in [6.45, 7) is 0.227. The van der Waals surface area contributed by atoms with Crippen LogP contribution < -0.4 is 10.1 Å². The van der Waals surface area contributed by atoms with Crippen molar-refractivity contribution in [2.45, 2.75) is 0 Å². The minimum absolute atomic E-state index is 0.0187. The molecule has 0 heterocycles. The Labute approximate surface area is 115 Å². The molecular formula is C14H11N3O3. The van der Waals surface area contributed by atoms with Crippen molar-refractivity contribution in [3.63, 3.8) is 0 Å². The first-order valence-electron chi connectivity index (χ1n) is 5.82. The maximum Gasteiger partial charge on any atom is 0.273 e. The first-order valence-corrected chi connectivity index (χ1v) is 5.82. The lowest BCUT2D eigenvalue weighted by atomic mass is 10.3. The topological polar surface area (TPSA) is 88.2 Å². The maximum absolute atomic E-state index is 10.7. The molecule has 2 aromatic carbocycles. The van der Waals surface area contributed by atoms with Crippen LogP contribution in [0.1, 0.15) is 0 Å². The summed E-state index contributed by atoms with van der Waals surface area (Å²) in [5.41, 5.74) is 0.785. The molecular weight excluding hydrogens is 258 g/mol. The van der Waals surface area contributed by atoms with E-state index >= 15 is 0 Å². The molecule has 2 rings (SSSR count). The second-order valence-corrected chi connectivity index (χ2v) is 3.89. The van der Waals surface area contributed by atoms with Crippen molar-refractivity contribution in [3.8, 4) is 17.6 Å². The van der Waals surface area contributed by atoms with Gasteiger partial charge in [-0.1, -0.05) is 6.07 Å². The molecule has 0 amide bonds. The third-order valence-electron chi connectivity index (χ3n) is 2.49. The Morgan fingerprint density at radius 2 is 1.95 bits per heavy atom. The summed E-state index contributed by atoms with van der Waals surface area (Å²) in [7, 11) is 0. The van der Waals surface area contributed by atoms with Crippen molar-refractivity contribution in [2.75, 3.05) is 11.9 Å². The number of benzene rings is 2. The second-order valence-electron chi connectivity index (χ2n) is 3.89. The summed E-state index contributed by atoms with van der Waals surface area (Å²) in [5.74, 6) is 0.963. The lowest BCUT2D eigenvalue weighted by Crippen LogP contribution is -1.97. The van der Waals surface area contributed by atoms with Crippen LogP contribution in [0.3, 0.4) is 0 Å². The summed E-state index contributed by atoms with van der Waals surface area (Å²) in [6, 6.07) is 14.9. The Kier molecular flexibility index (Phi) is 4.14. The molecule has 0 aliphatic rings. The molecule has 0 aliphatic heterocycles. The number of ether oxygens (including phenoxy) is 1. The van der Waals surface area contributed by atoms with Gasteiger partial charge in [-0.3, -0.25) is 10.1 Å². The van der Waals surface area contributed by atoms with Gasteiger partial charge in [0.05, 0.1) is 17.1 Å². The van der Waals surface area contributed by atoms with Crippen molar-refractivity contribution >= 4 is 11.4 Å². The molecule has 6 nitrogen and oxygen atoms in total. The Balaban J connectivity index is 2.08. The van der Waals surface area contributed by atoms with Crippen molar-refractivity contribution in [1.29, 1.82) is 5.26 Å². The molecule has 0 aliphatic carbocycles. The Bertz CT molecular complexity index is 647. The number of non-ortho nitro benzene ring substituents is 1. The average Bonchev–Trinajstić information content (AvgIpc) is 2.47. The van der Waals surface area contributed by atoms with E-state index in [1.165, 1.54) is 12.1 Å². The SMILES string of the molecule is N#CCNc1ccc(Oc2cccc([N+](=O)[O-])c2)cc1. The zero-order valence-corrected chi connectivity index (χ0v) is 10.4. The van der Waals surface area contributed by atoms with E-state index in [1.54, 1.807) is 36.4 Å². The quantitative estimate of drug-likeness (QED) is 0.511. The van der Waals surface area contributed by atoms with E-state index in [-0.39, 0.29) is 12.2 Å². The van der Waals surface area contributed by atoms with Crippen LogP contribution >= 0.6 is 0 Å². The molecule has 0 fully saturated rings. The van der Waals surface area contributed by atoms with E-state index in [4.69, 9.17) is 10.00 Å². The Morgan fingerprint density at radius 3 is 2.60 bits per heavy atom. The van der Waals surface area contributed by atoms with E-state index in [1.807, 2.05) is 6.07 Å². The van der Waals surface area contributed by atoms with Gasteiger partial charge in [-0.2, -0.15) is 5.26 Å². The molecule has 100 valence electrons. The van der Waals surface area contributed by atoms with E-state index < -0.39 is 4.92 Å². The van der Waals surface area contributed by atoms with Crippen LogP contribution in [-0.2, 0) is 0 Å². The van der Waals surface area contributed by atoms with Crippen molar-refractivity contribution < 1.29 is 9.66 Å². The monoisotopic (exact) mass is 269 g/mol. The minimum atomic E-state index is -0.470.